The first kappa shape index (κ1) is 20.1. The molecule has 6 nitrogen and oxygen atoms in total. The van der Waals surface area contributed by atoms with Gasteiger partial charge in [0.2, 0.25) is 10.0 Å². The highest BCUT2D eigenvalue weighted by Crippen LogP contribution is 2.36. The van der Waals surface area contributed by atoms with E-state index in [-0.39, 0.29) is 18.2 Å². The van der Waals surface area contributed by atoms with E-state index < -0.39 is 38.8 Å². The van der Waals surface area contributed by atoms with Gasteiger partial charge in [-0.1, -0.05) is 17.7 Å². The summed E-state index contributed by atoms with van der Waals surface area (Å²) in [5.41, 5.74) is 0.808. The van der Waals surface area contributed by atoms with Gasteiger partial charge in [-0.2, -0.15) is 4.31 Å². The summed E-state index contributed by atoms with van der Waals surface area (Å²) >= 11 is 5.77. The van der Waals surface area contributed by atoms with E-state index >= 15 is 0 Å². The van der Waals surface area contributed by atoms with Gasteiger partial charge in [0.25, 0.3) is 0 Å². The lowest BCUT2D eigenvalue weighted by molar-refractivity contribution is 0.127. The Morgan fingerprint density at radius 3 is 2.72 bits per heavy atom. The Balaban J connectivity index is 1.79. The van der Waals surface area contributed by atoms with Gasteiger partial charge in [0.1, 0.15) is 23.5 Å². The lowest BCUT2D eigenvalue weighted by Crippen LogP contribution is -2.56. The second-order valence-corrected chi connectivity index (χ2v) is 9.11. The van der Waals surface area contributed by atoms with Crippen LogP contribution in [0.5, 0.6) is 0 Å². The van der Waals surface area contributed by atoms with E-state index in [1.165, 1.54) is 35.2 Å². The molecule has 1 fully saturated rings. The average Bonchev–Trinajstić information content (AvgIpc) is 2.70. The quantitative estimate of drug-likeness (QED) is 0.711. The molecular weight excluding hydrogens is 426 g/mol. The topological polar surface area (TPSA) is 66.9 Å². The van der Waals surface area contributed by atoms with Crippen molar-refractivity contribution >= 4 is 33.4 Å². The molecule has 2 aromatic carbocycles. The third-order valence-corrected chi connectivity index (χ3v) is 7.28. The van der Waals surface area contributed by atoms with Crippen molar-refractivity contribution in [3.8, 4) is 0 Å². The number of sulfonamides is 1. The highest BCUT2D eigenvalue weighted by molar-refractivity contribution is 7.89. The minimum atomic E-state index is -4.30. The number of fused-ring (bicyclic) bond motifs is 1. The molecular formula is C19H17ClF2N2O4S. The van der Waals surface area contributed by atoms with Crippen molar-refractivity contribution in [1.82, 2.24) is 4.31 Å². The molecule has 10 heteroatoms. The molecule has 0 saturated carbocycles. The van der Waals surface area contributed by atoms with E-state index in [0.29, 0.717) is 30.5 Å². The largest absolute Gasteiger partial charge is 0.444 e. The SMILES string of the molecule is O=C1OCc2cc(F)ccc2N1C1CCCCN1S(=O)(=O)c1cccc(Cl)c1F. The monoisotopic (exact) mass is 442 g/mol. The Labute approximate surface area is 171 Å². The maximum Gasteiger partial charge on any atom is 0.415 e. The molecule has 0 aromatic heterocycles. The standard InChI is InChI=1S/C19H17ClF2N2O4S/c20-14-4-3-5-16(18(14)22)29(26,27)23-9-2-1-6-17(23)24-15-8-7-13(21)10-12(15)11-28-19(24)25/h3-5,7-8,10,17H,1-2,6,9,11H2. The molecule has 2 aliphatic heterocycles. The number of carbonyl (C=O) groups is 1. The van der Waals surface area contributed by atoms with Crippen LogP contribution in [0.1, 0.15) is 24.8 Å². The summed E-state index contributed by atoms with van der Waals surface area (Å²) in [4.78, 5) is 13.2. The van der Waals surface area contributed by atoms with Gasteiger partial charge >= 0.3 is 6.09 Å². The lowest BCUT2D eigenvalue weighted by atomic mass is 10.1. The number of halogens is 3. The normalized spacial score (nSPS) is 20.3. The first-order chi connectivity index (χ1) is 13.8. The number of rotatable bonds is 3. The number of hydrogen-bond donors (Lipinski definition) is 0. The van der Waals surface area contributed by atoms with E-state index in [9.17, 15) is 22.0 Å². The number of anilines is 1. The molecule has 4 rings (SSSR count). The maximum atomic E-state index is 14.5. The number of nitrogens with zero attached hydrogens (tertiary/aromatic N) is 2. The first-order valence-corrected chi connectivity index (χ1v) is 10.8. The molecule has 1 atom stereocenters. The fraction of sp³-hybridized carbons (Fsp3) is 0.316. The van der Waals surface area contributed by atoms with E-state index in [1.807, 2.05) is 0 Å². The molecule has 154 valence electrons. The zero-order chi connectivity index (χ0) is 20.8. The Hall–Kier alpha value is -2.23. The van der Waals surface area contributed by atoms with Crippen molar-refractivity contribution < 1.29 is 26.7 Å². The minimum absolute atomic E-state index is 0.0965. The Morgan fingerprint density at radius 1 is 1.14 bits per heavy atom. The molecule has 1 saturated heterocycles. The van der Waals surface area contributed by atoms with Gasteiger partial charge in [0.05, 0.1) is 10.7 Å². The van der Waals surface area contributed by atoms with Gasteiger partial charge in [-0.3, -0.25) is 4.90 Å². The summed E-state index contributed by atoms with van der Waals surface area (Å²) in [7, 11) is -4.30. The van der Waals surface area contributed by atoms with E-state index in [1.54, 1.807) is 0 Å². The van der Waals surface area contributed by atoms with Crippen LogP contribution in [0, 0.1) is 11.6 Å². The molecule has 1 unspecified atom stereocenters. The van der Waals surface area contributed by atoms with Gasteiger partial charge in [-0.05, 0) is 49.6 Å². The van der Waals surface area contributed by atoms with Crippen molar-refractivity contribution in [2.75, 3.05) is 11.4 Å². The Kier molecular flexibility index (Phi) is 5.22. The van der Waals surface area contributed by atoms with Crippen LogP contribution in [-0.2, 0) is 21.4 Å². The molecule has 0 N–H and O–H groups in total. The van der Waals surface area contributed by atoms with Crippen LogP contribution in [0.3, 0.4) is 0 Å². The summed E-state index contributed by atoms with van der Waals surface area (Å²) < 4.78 is 60.9. The molecule has 0 spiro atoms. The van der Waals surface area contributed by atoms with Crippen molar-refractivity contribution in [1.29, 1.82) is 0 Å². The summed E-state index contributed by atoms with van der Waals surface area (Å²) in [6.07, 6.45) is -0.119. The van der Waals surface area contributed by atoms with E-state index in [0.717, 1.165) is 10.4 Å². The zero-order valence-electron chi connectivity index (χ0n) is 15.1. The van der Waals surface area contributed by atoms with Gasteiger partial charge in [-0.25, -0.2) is 22.0 Å². The second kappa shape index (κ2) is 7.55. The van der Waals surface area contributed by atoms with Crippen molar-refractivity contribution in [3.05, 3.63) is 58.6 Å². The molecule has 29 heavy (non-hydrogen) atoms. The van der Waals surface area contributed by atoms with Crippen LogP contribution in [0.4, 0.5) is 19.3 Å². The van der Waals surface area contributed by atoms with Crippen LogP contribution in [0.25, 0.3) is 0 Å². The van der Waals surface area contributed by atoms with E-state index in [4.69, 9.17) is 16.3 Å². The number of cyclic esters (lactones) is 1. The number of carbonyl (C=O) groups excluding carboxylic acids is 1. The summed E-state index contributed by atoms with van der Waals surface area (Å²) in [5, 5.41) is -0.308. The van der Waals surface area contributed by atoms with E-state index in [2.05, 4.69) is 0 Å². The third-order valence-electron chi connectivity index (χ3n) is 5.07. The van der Waals surface area contributed by atoms with Gasteiger partial charge < -0.3 is 4.74 Å². The van der Waals surface area contributed by atoms with Crippen LogP contribution < -0.4 is 4.90 Å². The molecule has 0 bridgehead atoms. The molecule has 0 radical (unpaired) electrons. The summed E-state index contributed by atoms with van der Waals surface area (Å²) in [6.45, 7) is -0.00984. The molecule has 2 heterocycles. The van der Waals surface area contributed by atoms with Gasteiger partial charge in [0, 0.05) is 12.1 Å². The fourth-order valence-electron chi connectivity index (χ4n) is 3.73. The predicted molar refractivity (Wildman–Crippen MR) is 102 cm³/mol. The summed E-state index contributed by atoms with van der Waals surface area (Å²) in [5.74, 6) is -1.53. The average molecular weight is 443 g/mol. The highest BCUT2D eigenvalue weighted by atomic mass is 35.5. The zero-order valence-corrected chi connectivity index (χ0v) is 16.7. The first-order valence-electron chi connectivity index (χ1n) is 9.01. The molecule has 2 aromatic rings. The Bertz CT molecular complexity index is 1080. The minimum Gasteiger partial charge on any atom is -0.444 e. The van der Waals surface area contributed by atoms with Crippen LogP contribution in [0.2, 0.25) is 5.02 Å². The third kappa shape index (κ3) is 3.47. The van der Waals surface area contributed by atoms with Crippen LogP contribution in [0.15, 0.2) is 41.3 Å². The van der Waals surface area contributed by atoms with Crippen LogP contribution >= 0.6 is 11.6 Å². The van der Waals surface area contributed by atoms with Crippen LogP contribution in [-0.4, -0.2) is 31.5 Å². The van der Waals surface area contributed by atoms with Crippen molar-refractivity contribution in [2.24, 2.45) is 0 Å². The predicted octanol–water partition coefficient (Wildman–Crippen LogP) is 4.28. The van der Waals surface area contributed by atoms with Crippen molar-refractivity contribution in [3.63, 3.8) is 0 Å². The number of piperidine rings is 1. The number of ether oxygens (including phenoxy) is 1. The van der Waals surface area contributed by atoms with Gasteiger partial charge in [0.15, 0.2) is 5.82 Å². The smallest absolute Gasteiger partial charge is 0.415 e. The number of amides is 1. The number of benzene rings is 2. The molecule has 0 aliphatic carbocycles. The number of hydrogen-bond acceptors (Lipinski definition) is 4. The Morgan fingerprint density at radius 2 is 1.93 bits per heavy atom. The second-order valence-electron chi connectivity index (χ2n) is 6.84. The maximum absolute atomic E-state index is 14.5. The van der Waals surface area contributed by atoms with Crippen molar-refractivity contribution in [2.45, 2.75) is 36.9 Å². The fourth-order valence-corrected chi connectivity index (χ4v) is 5.69. The van der Waals surface area contributed by atoms with Gasteiger partial charge in [-0.15, -0.1) is 0 Å². The molecule has 1 amide bonds. The lowest BCUT2D eigenvalue weighted by Gasteiger charge is -2.42. The highest BCUT2D eigenvalue weighted by Gasteiger charge is 2.43. The summed E-state index contributed by atoms with van der Waals surface area (Å²) in [6, 6.07) is 7.61. The molecule has 2 aliphatic rings.